The SMILES string of the molecule is CCCCC/C=C\C/C=C\CCCCCCCC(=O)OCC(COC(=O)CCCCCCCCCCCCCCCCCCCCC/C=C\CCCCCCCCCC)OC(=O)CCCCCCCCC/C=C\CCCCCCCCC. The van der Waals surface area contributed by atoms with Crippen molar-refractivity contribution in [3.8, 4) is 0 Å². The number of allylic oxidation sites excluding steroid dienone is 8. The van der Waals surface area contributed by atoms with Crippen LogP contribution in [0.4, 0.5) is 0 Å². The maximum absolute atomic E-state index is 12.9. The lowest BCUT2D eigenvalue weighted by atomic mass is 10.0. The topological polar surface area (TPSA) is 78.9 Å². The number of carbonyl (C=O) groups is 3. The molecule has 480 valence electrons. The predicted molar refractivity (Wildman–Crippen MR) is 358 cm³/mol. The van der Waals surface area contributed by atoms with Crippen molar-refractivity contribution in [3.05, 3.63) is 48.6 Å². The van der Waals surface area contributed by atoms with Gasteiger partial charge in [0.2, 0.25) is 0 Å². The molecule has 1 atom stereocenters. The summed E-state index contributed by atoms with van der Waals surface area (Å²) in [6.45, 7) is 6.66. The molecule has 6 nitrogen and oxygen atoms in total. The van der Waals surface area contributed by atoms with Crippen LogP contribution in [0.2, 0.25) is 0 Å². The van der Waals surface area contributed by atoms with Gasteiger partial charge in [0.15, 0.2) is 6.10 Å². The summed E-state index contributed by atoms with van der Waals surface area (Å²) < 4.78 is 17.0. The van der Waals surface area contributed by atoms with E-state index in [-0.39, 0.29) is 31.1 Å². The van der Waals surface area contributed by atoms with Gasteiger partial charge in [0.05, 0.1) is 0 Å². The number of unbranched alkanes of at least 4 members (excludes halogenated alkanes) is 49. The van der Waals surface area contributed by atoms with Gasteiger partial charge in [0.25, 0.3) is 0 Å². The molecule has 0 radical (unpaired) electrons. The van der Waals surface area contributed by atoms with Crippen LogP contribution < -0.4 is 0 Å². The van der Waals surface area contributed by atoms with Gasteiger partial charge in [-0.15, -0.1) is 0 Å². The normalized spacial score (nSPS) is 12.3. The van der Waals surface area contributed by atoms with E-state index in [0.717, 1.165) is 77.0 Å². The summed E-state index contributed by atoms with van der Waals surface area (Å²) >= 11 is 0. The van der Waals surface area contributed by atoms with Crippen LogP contribution in [0.3, 0.4) is 0 Å². The van der Waals surface area contributed by atoms with Crippen molar-refractivity contribution in [2.45, 2.75) is 406 Å². The van der Waals surface area contributed by atoms with E-state index in [4.69, 9.17) is 14.2 Å². The standard InChI is InChI=1S/C76H140O6/c1-4-7-10-13-16-19-22-25-28-30-32-33-34-35-36-37-38-39-40-41-42-43-44-46-48-51-54-57-60-63-66-69-75(78)81-72-73(71-80-74(77)68-65-62-59-56-53-50-47-27-24-21-18-15-12-9-6-3)82-76(79)70-67-64-61-58-55-52-49-45-31-29-26-23-20-17-14-11-8-5-2/h18,21,27,29-32,47,73H,4-17,19-20,22-26,28,33-46,48-72H2,1-3H3/b21-18-,31-29-,32-30-,47-27-. The lowest BCUT2D eigenvalue weighted by Gasteiger charge is -2.18. The van der Waals surface area contributed by atoms with Crippen molar-refractivity contribution in [3.63, 3.8) is 0 Å². The minimum absolute atomic E-state index is 0.0755. The summed E-state index contributed by atoms with van der Waals surface area (Å²) in [5, 5.41) is 0. The van der Waals surface area contributed by atoms with Crippen molar-refractivity contribution < 1.29 is 28.6 Å². The molecular formula is C76H140O6. The molecule has 0 N–H and O–H groups in total. The van der Waals surface area contributed by atoms with Crippen molar-refractivity contribution in [2.75, 3.05) is 13.2 Å². The average molecular weight is 1150 g/mol. The molecule has 0 spiro atoms. The molecule has 0 aliphatic carbocycles. The van der Waals surface area contributed by atoms with Crippen molar-refractivity contribution >= 4 is 17.9 Å². The number of rotatable bonds is 68. The first-order chi connectivity index (χ1) is 40.5. The molecule has 1 unspecified atom stereocenters. The second-order valence-corrected chi connectivity index (χ2v) is 24.8. The van der Waals surface area contributed by atoms with Gasteiger partial charge in [0, 0.05) is 19.3 Å². The largest absolute Gasteiger partial charge is 0.462 e. The Hall–Kier alpha value is -2.63. The summed E-state index contributed by atoms with van der Waals surface area (Å²) in [5.41, 5.74) is 0. The van der Waals surface area contributed by atoms with Crippen LogP contribution in [-0.4, -0.2) is 37.2 Å². The Labute approximate surface area is 511 Å². The van der Waals surface area contributed by atoms with Gasteiger partial charge in [-0.05, 0) is 103 Å². The fourth-order valence-electron chi connectivity index (χ4n) is 11.0. The van der Waals surface area contributed by atoms with E-state index < -0.39 is 6.10 Å². The van der Waals surface area contributed by atoms with Gasteiger partial charge in [-0.25, -0.2) is 0 Å². The van der Waals surface area contributed by atoms with E-state index >= 15 is 0 Å². The molecule has 0 saturated carbocycles. The molecule has 0 heterocycles. The Kier molecular flexibility index (Phi) is 68.6. The van der Waals surface area contributed by atoms with Crippen LogP contribution in [0.1, 0.15) is 400 Å². The van der Waals surface area contributed by atoms with Crippen LogP contribution in [0, 0.1) is 0 Å². The van der Waals surface area contributed by atoms with E-state index in [1.165, 1.54) is 283 Å². The first kappa shape index (κ1) is 79.4. The predicted octanol–water partition coefficient (Wildman–Crippen LogP) is 25.3. The molecule has 0 rings (SSSR count). The number of hydrogen-bond donors (Lipinski definition) is 0. The van der Waals surface area contributed by atoms with Crippen LogP contribution in [0.25, 0.3) is 0 Å². The zero-order valence-electron chi connectivity index (χ0n) is 55.3. The summed E-state index contributed by atoms with van der Waals surface area (Å²) in [5.74, 6) is -0.868. The highest BCUT2D eigenvalue weighted by atomic mass is 16.6. The fourth-order valence-corrected chi connectivity index (χ4v) is 11.0. The minimum Gasteiger partial charge on any atom is -0.462 e. The van der Waals surface area contributed by atoms with Crippen molar-refractivity contribution in [1.29, 1.82) is 0 Å². The van der Waals surface area contributed by atoms with E-state index in [1.54, 1.807) is 0 Å². The maximum atomic E-state index is 12.9. The van der Waals surface area contributed by atoms with Crippen LogP contribution in [0.15, 0.2) is 48.6 Å². The second kappa shape index (κ2) is 70.9. The van der Waals surface area contributed by atoms with E-state index in [9.17, 15) is 14.4 Å². The first-order valence-corrected chi connectivity index (χ1v) is 36.6. The van der Waals surface area contributed by atoms with Gasteiger partial charge < -0.3 is 14.2 Å². The zero-order chi connectivity index (χ0) is 59.2. The third-order valence-corrected chi connectivity index (χ3v) is 16.5. The highest BCUT2D eigenvalue weighted by molar-refractivity contribution is 5.71. The van der Waals surface area contributed by atoms with Gasteiger partial charge in [-0.3, -0.25) is 14.4 Å². The summed E-state index contributed by atoms with van der Waals surface area (Å²) in [4.78, 5) is 38.4. The third kappa shape index (κ3) is 68.2. The molecule has 0 aliphatic rings. The molecule has 6 heteroatoms. The quantitative estimate of drug-likeness (QED) is 0.0261. The van der Waals surface area contributed by atoms with Crippen LogP contribution in [0.5, 0.6) is 0 Å². The lowest BCUT2D eigenvalue weighted by Crippen LogP contribution is -2.30. The number of esters is 3. The minimum atomic E-state index is -0.781. The molecule has 0 aromatic carbocycles. The zero-order valence-corrected chi connectivity index (χ0v) is 55.3. The Morgan fingerprint density at radius 2 is 0.439 bits per heavy atom. The molecule has 0 bridgehead atoms. The molecule has 0 saturated heterocycles. The third-order valence-electron chi connectivity index (χ3n) is 16.5. The van der Waals surface area contributed by atoms with E-state index in [2.05, 4.69) is 69.4 Å². The maximum Gasteiger partial charge on any atom is 0.306 e. The summed E-state index contributed by atoms with van der Waals surface area (Å²) in [7, 11) is 0. The van der Waals surface area contributed by atoms with Crippen LogP contribution >= 0.6 is 0 Å². The Bertz CT molecular complexity index is 1410. The Morgan fingerprint density at radius 3 is 0.707 bits per heavy atom. The molecular weight excluding hydrogens is 1010 g/mol. The lowest BCUT2D eigenvalue weighted by molar-refractivity contribution is -0.167. The van der Waals surface area contributed by atoms with Gasteiger partial charge in [0.1, 0.15) is 13.2 Å². The number of carbonyl (C=O) groups excluding carboxylic acids is 3. The molecule has 0 aliphatic heterocycles. The Balaban J connectivity index is 4.19. The molecule has 0 amide bonds. The molecule has 82 heavy (non-hydrogen) atoms. The highest BCUT2D eigenvalue weighted by Crippen LogP contribution is 2.18. The first-order valence-electron chi connectivity index (χ1n) is 36.6. The number of ether oxygens (including phenoxy) is 3. The Morgan fingerprint density at radius 1 is 0.244 bits per heavy atom. The smallest absolute Gasteiger partial charge is 0.306 e. The fraction of sp³-hybridized carbons (Fsp3) is 0.855. The molecule has 0 fully saturated rings. The van der Waals surface area contributed by atoms with E-state index in [1.807, 2.05) is 0 Å². The summed E-state index contributed by atoms with van der Waals surface area (Å²) in [6, 6.07) is 0. The van der Waals surface area contributed by atoms with E-state index in [0.29, 0.717) is 19.3 Å². The summed E-state index contributed by atoms with van der Waals surface area (Å²) in [6.07, 6.45) is 90.1. The van der Waals surface area contributed by atoms with Crippen molar-refractivity contribution in [2.24, 2.45) is 0 Å². The van der Waals surface area contributed by atoms with Crippen LogP contribution in [-0.2, 0) is 28.6 Å². The number of hydrogen-bond acceptors (Lipinski definition) is 6. The highest BCUT2D eigenvalue weighted by Gasteiger charge is 2.19. The van der Waals surface area contributed by atoms with Gasteiger partial charge in [-0.2, -0.15) is 0 Å². The second-order valence-electron chi connectivity index (χ2n) is 24.8. The average Bonchev–Trinajstić information content (AvgIpc) is 3.47. The van der Waals surface area contributed by atoms with Crippen molar-refractivity contribution in [1.82, 2.24) is 0 Å². The monoisotopic (exact) mass is 1150 g/mol. The molecule has 0 aromatic rings. The van der Waals surface area contributed by atoms with Gasteiger partial charge >= 0.3 is 17.9 Å². The van der Waals surface area contributed by atoms with Gasteiger partial charge in [-0.1, -0.05) is 326 Å². The molecule has 0 aromatic heterocycles.